The van der Waals surface area contributed by atoms with Gasteiger partial charge in [-0.15, -0.1) is 0 Å². The topological polar surface area (TPSA) is 41.5 Å². The van der Waals surface area contributed by atoms with E-state index in [1.54, 1.807) is 18.9 Å². The maximum absolute atomic E-state index is 9.22. The van der Waals surface area contributed by atoms with E-state index in [2.05, 4.69) is 11.6 Å². The Morgan fingerprint density at radius 2 is 2.06 bits per heavy atom. The minimum Gasteiger partial charge on any atom is -0.497 e. The van der Waals surface area contributed by atoms with E-state index in [9.17, 15) is 5.11 Å². The molecule has 0 amide bonds. The summed E-state index contributed by atoms with van der Waals surface area (Å²) in [5.74, 6) is 1.89. The highest BCUT2D eigenvalue weighted by Gasteiger charge is 2.06. The third kappa shape index (κ3) is 4.33. The van der Waals surface area contributed by atoms with Crippen LogP contribution in [0.3, 0.4) is 0 Å². The van der Waals surface area contributed by atoms with Gasteiger partial charge in [-0.1, -0.05) is 0 Å². The predicted octanol–water partition coefficient (Wildman–Crippen LogP) is 2.22. The Kier molecular flexibility index (Phi) is 6.11. The Hall–Kier alpha value is -0.870. The van der Waals surface area contributed by atoms with Crippen LogP contribution in [0.2, 0.25) is 0 Å². The summed E-state index contributed by atoms with van der Waals surface area (Å²) in [4.78, 5) is 0. The second kappa shape index (κ2) is 7.41. The number of ether oxygens (including phenoxy) is 1. The molecule has 0 saturated heterocycles. The number of anilines is 1. The van der Waals surface area contributed by atoms with Crippen molar-refractivity contribution in [3.63, 3.8) is 0 Å². The first-order chi connectivity index (χ1) is 7.80. The van der Waals surface area contributed by atoms with Crippen molar-refractivity contribution in [1.82, 2.24) is 0 Å². The van der Waals surface area contributed by atoms with E-state index in [0.29, 0.717) is 0 Å². The van der Waals surface area contributed by atoms with Gasteiger partial charge in [-0.05, 0) is 42.7 Å². The largest absolute Gasteiger partial charge is 0.497 e. The average molecular weight is 241 g/mol. The number of hydrogen-bond donors (Lipinski definition) is 2. The fraction of sp³-hybridized carbons (Fsp3) is 0.500. The van der Waals surface area contributed by atoms with E-state index in [-0.39, 0.29) is 12.6 Å². The third-order valence-electron chi connectivity index (χ3n) is 2.35. The molecular weight excluding hydrogens is 222 g/mol. The molecule has 1 atom stereocenters. The van der Waals surface area contributed by atoms with Crippen molar-refractivity contribution in [3.8, 4) is 5.75 Å². The van der Waals surface area contributed by atoms with Crippen molar-refractivity contribution < 1.29 is 9.84 Å². The molecule has 0 fully saturated rings. The number of aliphatic hydroxyl groups is 1. The SMILES string of the molecule is COc1ccc(NC(CO)CCSC)cc1. The maximum atomic E-state index is 9.22. The lowest BCUT2D eigenvalue weighted by Crippen LogP contribution is -2.24. The lowest BCUT2D eigenvalue weighted by molar-refractivity contribution is 0.272. The van der Waals surface area contributed by atoms with Gasteiger partial charge in [-0.3, -0.25) is 0 Å². The van der Waals surface area contributed by atoms with Crippen LogP contribution in [-0.2, 0) is 0 Å². The first-order valence-electron chi connectivity index (χ1n) is 5.30. The monoisotopic (exact) mass is 241 g/mol. The van der Waals surface area contributed by atoms with E-state index in [1.165, 1.54) is 0 Å². The van der Waals surface area contributed by atoms with Crippen molar-refractivity contribution in [2.45, 2.75) is 12.5 Å². The second-order valence-corrected chi connectivity index (χ2v) is 4.52. The molecule has 0 spiro atoms. The molecule has 0 aliphatic heterocycles. The van der Waals surface area contributed by atoms with Crippen LogP contribution in [0.1, 0.15) is 6.42 Å². The van der Waals surface area contributed by atoms with Crippen LogP contribution >= 0.6 is 11.8 Å². The van der Waals surface area contributed by atoms with Crippen molar-refractivity contribution >= 4 is 17.4 Å². The molecule has 16 heavy (non-hydrogen) atoms. The van der Waals surface area contributed by atoms with E-state index < -0.39 is 0 Å². The van der Waals surface area contributed by atoms with Crippen LogP contribution in [0, 0.1) is 0 Å². The molecule has 90 valence electrons. The standard InChI is InChI=1S/C12H19NO2S/c1-15-12-5-3-10(4-6-12)13-11(9-14)7-8-16-2/h3-6,11,13-14H,7-9H2,1-2H3. The number of rotatable bonds is 7. The fourth-order valence-electron chi connectivity index (χ4n) is 1.39. The van der Waals surface area contributed by atoms with Gasteiger partial charge >= 0.3 is 0 Å². The smallest absolute Gasteiger partial charge is 0.119 e. The molecule has 0 aromatic heterocycles. The number of aliphatic hydroxyl groups excluding tert-OH is 1. The number of benzene rings is 1. The minimum atomic E-state index is 0.126. The van der Waals surface area contributed by atoms with E-state index in [1.807, 2.05) is 24.3 Å². The van der Waals surface area contributed by atoms with E-state index in [0.717, 1.165) is 23.6 Å². The van der Waals surface area contributed by atoms with Gasteiger partial charge in [0.2, 0.25) is 0 Å². The highest BCUT2D eigenvalue weighted by Crippen LogP contribution is 2.16. The van der Waals surface area contributed by atoms with Crippen LogP contribution in [0.25, 0.3) is 0 Å². The molecule has 0 radical (unpaired) electrons. The Morgan fingerprint density at radius 3 is 2.56 bits per heavy atom. The normalized spacial score (nSPS) is 12.2. The maximum Gasteiger partial charge on any atom is 0.119 e. The van der Waals surface area contributed by atoms with Gasteiger partial charge in [-0.2, -0.15) is 11.8 Å². The van der Waals surface area contributed by atoms with E-state index in [4.69, 9.17) is 4.74 Å². The van der Waals surface area contributed by atoms with Gasteiger partial charge in [0.05, 0.1) is 13.7 Å². The van der Waals surface area contributed by atoms with Gasteiger partial charge in [0.25, 0.3) is 0 Å². The number of methoxy groups -OCH3 is 1. The molecule has 2 N–H and O–H groups in total. The van der Waals surface area contributed by atoms with Crippen LogP contribution < -0.4 is 10.1 Å². The summed E-state index contributed by atoms with van der Waals surface area (Å²) < 4.78 is 5.08. The van der Waals surface area contributed by atoms with E-state index >= 15 is 0 Å². The summed E-state index contributed by atoms with van der Waals surface area (Å²) >= 11 is 1.79. The van der Waals surface area contributed by atoms with Crippen molar-refractivity contribution in [3.05, 3.63) is 24.3 Å². The lowest BCUT2D eigenvalue weighted by Gasteiger charge is -2.17. The van der Waals surface area contributed by atoms with Gasteiger partial charge in [0.15, 0.2) is 0 Å². The molecule has 4 heteroatoms. The van der Waals surface area contributed by atoms with Crippen LogP contribution in [-0.4, -0.2) is 36.9 Å². The fourth-order valence-corrected chi connectivity index (χ4v) is 1.91. The molecular formula is C12H19NO2S. The summed E-state index contributed by atoms with van der Waals surface area (Å²) in [6.07, 6.45) is 3.03. The highest BCUT2D eigenvalue weighted by atomic mass is 32.2. The first-order valence-corrected chi connectivity index (χ1v) is 6.70. The van der Waals surface area contributed by atoms with Crippen LogP contribution in [0.5, 0.6) is 5.75 Å². The quantitative estimate of drug-likeness (QED) is 0.768. The summed E-state index contributed by atoms with van der Waals surface area (Å²) in [5, 5.41) is 12.5. The van der Waals surface area contributed by atoms with Crippen molar-refractivity contribution in [2.75, 3.05) is 31.0 Å². The Morgan fingerprint density at radius 1 is 1.38 bits per heavy atom. The zero-order chi connectivity index (χ0) is 11.8. The predicted molar refractivity (Wildman–Crippen MR) is 70.5 cm³/mol. The summed E-state index contributed by atoms with van der Waals surface area (Å²) in [5.41, 5.74) is 1.01. The summed E-state index contributed by atoms with van der Waals surface area (Å²) in [7, 11) is 1.65. The number of nitrogens with one attached hydrogen (secondary N) is 1. The highest BCUT2D eigenvalue weighted by molar-refractivity contribution is 7.98. The second-order valence-electron chi connectivity index (χ2n) is 3.53. The zero-order valence-corrected chi connectivity index (χ0v) is 10.6. The Balaban J connectivity index is 2.49. The first kappa shape index (κ1) is 13.2. The van der Waals surface area contributed by atoms with Gasteiger partial charge in [-0.25, -0.2) is 0 Å². The molecule has 0 heterocycles. The van der Waals surface area contributed by atoms with Gasteiger partial charge in [0, 0.05) is 11.7 Å². The molecule has 1 aromatic carbocycles. The van der Waals surface area contributed by atoms with Gasteiger partial charge in [0.1, 0.15) is 5.75 Å². The van der Waals surface area contributed by atoms with Crippen molar-refractivity contribution in [1.29, 1.82) is 0 Å². The lowest BCUT2D eigenvalue weighted by atomic mass is 10.2. The number of thioether (sulfide) groups is 1. The molecule has 0 saturated carbocycles. The Bertz CT molecular complexity index is 290. The summed E-state index contributed by atoms with van der Waals surface area (Å²) in [6.45, 7) is 0.159. The minimum absolute atomic E-state index is 0.126. The van der Waals surface area contributed by atoms with Crippen LogP contribution in [0.4, 0.5) is 5.69 Å². The van der Waals surface area contributed by atoms with Crippen molar-refractivity contribution in [2.24, 2.45) is 0 Å². The number of hydrogen-bond acceptors (Lipinski definition) is 4. The molecule has 0 aliphatic carbocycles. The Labute approximate surface area is 101 Å². The third-order valence-corrected chi connectivity index (χ3v) is 3.00. The molecule has 0 bridgehead atoms. The molecule has 3 nitrogen and oxygen atoms in total. The molecule has 1 rings (SSSR count). The zero-order valence-electron chi connectivity index (χ0n) is 9.77. The molecule has 1 aromatic rings. The molecule has 1 unspecified atom stereocenters. The van der Waals surface area contributed by atoms with Crippen LogP contribution in [0.15, 0.2) is 24.3 Å². The van der Waals surface area contributed by atoms with Gasteiger partial charge < -0.3 is 15.2 Å². The average Bonchev–Trinajstić information content (AvgIpc) is 2.35. The summed E-state index contributed by atoms with van der Waals surface area (Å²) in [6, 6.07) is 7.86. The molecule has 0 aliphatic rings.